The molecule has 21 heavy (non-hydrogen) atoms. The van der Waals surface area contributed by atoms with Crippen LogP contribution in [0.4, 0.5) is 4.39 Å². The van der Waals surface area contributed by atoms with E-state index in [4.69, 9.17) is 0 Å². The fourth-order valence-corrected chi connectivity index (χ4v) is 2.30. The van der Waals surface area contributed by atoms with E-state index in [2.05, 4.69) is 21.9 Å². The summed E-state index contributed by atoms with van der Waals surface area (Å²) in [5.41, 5.74) is 3.66. The van der Waals surface area contributed by atoms with Gasteiger partial charge in [-0.05, 0) is 42.8 Å². The summed E-state index contributed by atoms with van der Waals surface area (Å²) >= 11 is 0. The van der Waals surface area contributed by atoms with Crippen molar-refractivity contribution in [1.82, 2.24) is 15.0 Å². The zero-order valence-corrected chi connectivity index (χ0v) is 11.8. The molecule has 0 unspecified atom stereocenters. The molecule has 0 radical (unpaired) electrons. The van der Waals surface area contributed by atoms with Gasteiger partial charge in [0, 0.05) is 17.5 Å². The predicted molar refractivity (Wildman–Crippen MR) is 81.2 cm³/mol. The van der Waals surface area contributed by atoms with Crippen molar-refractivity contribution in [2.75, 3.05) is 0 Å². The summed E-state index contributed by atoms with van der Waals surface area (Å²) in [6.07, 6.45) is 3.68. The number of nitrogens with zero attached hydrogens (tertiary/aromatic N) is 2. The molecular formula is C17H16FN3. The van der Waals surface area contributed by atoms with Gasteiger partial charge in [0.25, 0.3) is 0 Å². The standard InChI is InChI=1S/C17H16FN3/c1-2-5-15-16(14-6-3-4-11-19-14)21-17(20-15)12-7-9-13(18)10-8-12/h3-4,6-11H,2,5H2,1H3,(H,20,21). The Balaban J connectivity index is 2.06. The van der Waals surface area contributed by atoms with Crippen LogP contribution in [-0.4, -0.2) is 15.0 Å². The first-order chi connectivity index (χ1) is 10.3. The Bertz CT molecular complexity index is 718. The highest BCUT2D eigenvalue weighted by atomic mass is 19.1. The molecule has 0 saturated carbocycles. The molecule has 0 saturated heterocycles. The van der Waals surface area contributed by atoms with E-state index in [1.807, 2.05) is 18.2 Å². The van der Waals surface area contributed by atoms with Crippen molar-refractivity contribution in [3.05, 3.63) is 60.2 Å². The number of aromatic nitrogens is 3. The third-order valence-corrected chi connectivity index (χ3v) is 3.30. The van der Waals surface area contributed by atoms with Crippen molar-refractivity contribution >= 4 is 0 Å². The van der Waals surface area contributed by atoms with Crippen LogP contribution in [0.2, 0.25) is 0 Å². The fraction of sp³-hybridized carbons (Fsp3) is 0.176. The molecule has 3 rings (SSSR count). The Kier molecular flexibility index (Phi) is 3.77. The third-order valence-electron chi connectivity index (χ3n) is 3.30. The number of aromatic amines is 1. The largest absolute Gasteiger partial charge is 0.341 e. The molecular weight excluding hydrogens is 265 g/mol. The molecule has 2 aromatic heterocycles. The highest BCUT2D eigenvalue weighted by Crippen LogP contribution is 2.25. The molecule has 0 atom stereocenters. The van der Waals surface area contributed by atoms with Crippen LogP contribution in [0, 0.1) is 5.82 Å². The molecule has 0 amide bonds. The quantitative estimate of drug-likeness (QED) is 0.777. The van der Waals surface area contributed by atoms with Gasteiger partial charge in [0.2, 0.25) is 0 Å². The van der Waals surface area contributed by atoms with Crippen molar-refractivity contribution in [3.63, 3.8) is 0 Å². The van der Waals surface area contributed by atoms with Gasteiger partial charge < -0.3 is 4.98 Å². The molecule has 0 aliphatic rings. The number of hydrogen-bond acceptors (Lipinski definition) is 2. The highest BCUT2D eigenvalue weighted by molar-refractivity contribution is 5.64. The number of H-pyrrole nitrogens is 1. The van der Waals surface area contributed by atoms with Crippen molar-refractivity contribution in [2.24, 2.45) is 0 Å². The van der Waals surface area contributed by atoms with Crippen LogP contribution < -0.4 is 0 Å². The van der Waals surface area contributed by atoms with Crippen molar-refractivity contribution in [2.45, 2.75) is 19.8 Å². The van der Waals surface area contributed by atoms with Gasteiger partial charge in [0.15, 0.2) is 0 Å². The number of halogens is 1. The average Bonchev–Trinajstić information content (AvgIpc) is 2.93. The lowest BCUT2D eigenvalue weighted by atomic mass is 10.1. The maximum absolute atomic E-state index is 13.0. The second-order valence-corrected chi connectivity index (χ2v) is 4.88. The molecule has 0 spiro atoms. The number of hydrogen-bond donors (Lipinski definition) is 1. The van der Waals surface area contributed by atoms with E-state index in [1.54, 1.807) is 18.3 Å². The van der Waals surface area contributed by atoms with Crippen LogP contribution in [0.3, 0.4) is 0 Å². The number of aryl methyl sites for hydroxylation is 1. The zero-order chi connectivity index (χ0) is 14.7. The van der Waals surface area contributed by atoms with Gasteiger partial charge in [-0.25, -0.2) is 9.37 Å². The fourth-order valence-electron chi connectivity index (χ4n) is 2.30. The van der Waals surface area contributed by atoms with Crippen LogP contribution in [0.5, 0.6) is 0 Å². The smallest absolute Gasteiger partial charge is 0.138 e. The summed E-state index contributed by atoms with van der Waals surface area (Å²) in [4.78, 5) is 12.4. The Hall–Kier alpha value is -2.49. The van der Waals surface area contributed by atoms with Gasteiger partial charge in [0.1, 0.15) is 17.3 Å². The molecule has 0 aliphatic heterocycles. The van der Waals surface area contributed by atoms with Crippen LogP contribution in [0.15, 0.2) is 48.7 Å². The first kappa shape index (κ1) is 13.5. The summed E-state index contributed by atoms with van der Waals surface area (Å²) in [7, 11) is 0. The van der Waals surface area contributed by atoms with Gasteiger partial charge in [-0.2, -0.15) is 0 Å². The SMILES string of the molecule is CCCc1[nH]c(-c2ccc(F)cc2)nc1-c1ccccn1. The molecule has 4 heteroatoms. The average molecular weight is 281 g/mol. The number of nitrogens with one attached hydrogen (secondary N) is 1. The summed E-state index contributed by atoms with van der Waals surface area (Å²) in [6.45, 7) is 2.13. The van der Waals surface area contributed by atoms with Crippen LogP contribution in [0.25, 0.3) is 22.8 Å². The Morgan fingerprint density at radius 3 is 2.57 bits per heavy atom. The molecule has 0 aliphatic carbocycles. The van der Waals surface area contributed by atoms with E-state index >= 15 is 0 Å². The first-order valence-corrected chi connectivity index (χ1v) is 7.04. The van der Waals surface area contributed by atoms with E-state index in [-0.39, 0.29) is 5.82 Å². The molecule has 106 valence electrons. The number of pyridine rings is 1. The van der Waals surface area contributed by atoms with Gasteiger partial charge >= 0.3 is 0 Å². The van der Waals surface area contributed by atoms with E-state index in [1.165, 1.54) is 12.1 Å². The first-order valence-electron chi connectivity index (χ1n) is 7.04. The van der Waals surface area contributed by atoms with Crippen molar-refractivity contribution < 1.29 is 4.39 Å². The monoisotopic (exact) mass is 281 g/mol. The second-order valence-electron chi connectivity index (χ2n) is 4.88. The van der Waals surface area contributed by atoms with Gasteiger partial charge in [-0.3, -0.25) is 4.98 Å². The van der Waals surface area contributed by atoms with Crippen molar-refractivity contribution in [3.8, 4) is 22.8 Å². The molecule has 0 bridgehead atoms. The minimum Gasteiger partial charge on any atom is -0.341 e. The van der Waals surface area contributed by atoms with Gasteiger partial charge in [0.05, 0.1) is 5.69 Å². The number of benzene rings is 1. The van der Waals surface area contributed by atoms with Gasteiger partial charge in [-0.15, -0.1) is 0 Å². The Labute approximate surface area is 122 Å². The van der Waals surface area contributed by atoms with Gasteiger partial charge in [-0.1, -0.05) is 19.4 Å². The highest BCUT2D eigenvalue weighted by Gasteiger charge is 2.13. The zero-order valence-electron chi connectivity index (χ0n) is 11.8. The second kappa shape index (κ2) is 5.87. The molecule has 2 heterocycles. The van der Waals surface area contributed by atoms with Crippen LogP contribution in [-0.2, 0) is 6.42 Å². The van der Waals surface area contributed by atoms with Crippen molar-refractivity contribution in [1.29, 1.82) is 0 Å². The lowest BCUT2D eigenvalue weighted by Gasteiger charge is -1.99. The van der Waals surface area contributed by atoms with E-state index in [0.29, 0.717) is 0 Å². The third kappa shape index (κ3) is 2.84. The molecule has 3 aromatic rings. The maximum Gasteiger partial charge on any atom is 0.138 e. The Morgan fingerprint density at radius 1 is 1.10 bits per heavy atom. The Morgan fingerprint density at radius 2 is 1.90 bits per heavy atom. The van der Waals surface area contributed by atoms with Crippen LogP contribution >= 0.6 is 0 Å². The minimum atomic E-state index is -0.246. The van der Waals surface area contributed by atoms with E-state index < -0.39 is 0 Å². The molecule has 1 aromatic carbocycles. The predicted octanol–water partition coefficient (Wildman–Crippen LogP) is 4.23. The molecule has 1 N–H and O–H groups in total. The topological polar surface area (TPSA) is 41.6 Å². The number of imidazole rings is 1. The summed E-state index contributed by atoms with van der Waals surface area (Å²) in [5.74, 6) is 0.503. The van der Waals surface area contributed by atoms with E-state index in [0.717, 1.165) is 41.3 Å². The number of rotatable bonds is 4. The summed E-state index contributed by atoms with van der Waals surface area (Å²) in [5, 5.41) is 0. The maximum atomic E-state index is 13.0. The van der Waals surface area contributed by atoms with E-state index in [9.17, 15) is 4.39 Å². The molecule has 3 nitrogen and oxygen atoms in total. The summed E-state index contributed by atoms with van der Waals surface area (Å²) in [6, 6.07) is 12.1. The summed E-state index contributed by atoms with van der Waals surface area (Å²) < 4.78 is 13.0. The minimum absolute atomic E-state index is 0.246. The lowest BCUT2D eigenvalue weighted by Crippen LogP contribution is -1.89. The molecule has 0 fully saturated rings. The van der Waals surface area contributed by atoms with Crippen LogP contribution in [0.1, 0.15) is 19.0 Å². The lowest BCUT2D eigenvalue weighted by molar-refractivity contribution is 0.628. The normalized spacial score (nSPS) is 10.8.